The van der Waals surface area contributed by atoms with Gasteiger partial charge in [0.2, 0.25) is 5.95 Å². The van der Waals surface area contributed by atoms with E-state index >= 15 is 0 Å². The molecule has 0 radical (unpaired) electrons. The Morgan fingerprint density at radius 2 is 2.06 bits per heavy atom. The largest absolute Gasteiger partial charge is 0.368 e. The lowest BCUT2D eigenvalue weighted by molar-refractivity contribution is 0.632. The molecule has 0 saturated carbocycles. The number of nitrogens with one attached hydrogen (secondary N) is 1. The summed E-state index contributed by atoms with van der Waals surface area (Å²) in [6.45, 7) is 1.82. The lowest BCUT2D eigenvalue weighted by Gasteiger charge is -2.08. The number of halogens is 1. The predicted octanol–water partition coefficient (Wildman–Crippen LogP) is 2.25. The van der Waals surface area contributed by atoms with Crippen molar-refractivity contribution >= 4 is 17.5 Å². The molecule has 82 valence electrons. The number of anilines is 3. The summed E-state index contributed by atoms with van der Waals surface area (Å²) in [5, 5.41) is 2.88. The molecule has 0 aliphatic rings. The summed E-state index contributed by atoms with van der Waals surface area (Å²) in [5.41, 5.74) is 6.63. The minimum atomic E-state index is -0.334. The van der Waals surface area contributed by atoms with Crippen LogP contribution in [-0.4, -0.2) is 9.97 Å². The molecule has 3 N–H and O–H groups in total. The Bertz CT molecular complexity index is 513. The van der Waals surface area contributed by atoms with Crippen LogP contribution < -0.4 is 11.1 Å². The Labute approximate surface area is 92.3 Å². The van der Waals surface area contributed by atoms with Gasteiger partial charge in [-0.2, -0.15) is 4.98 Å². The second-order valence-electron chi connectivity index (χ2n) is 3.36. The summed E-state index contributed by atoms with van der Waals surface area (Å²) in [5.74, 6) is 0.334. The maximum absolute atomic E-state index is 13.4. The summed E-state index contributed by atoms with van der Waals surface area (Å²) in [4.78, 5) is 7.83. The van der Waals surface area contributed by atoms with Crippen molar-refractivity contribution in [2.75, 3.05) is 11.1 Å². The Balaban J connectivity index is 2.34. The van der Waals surface area contributed by atoms with Gasteiger partial charge < -0.3 is 11.1 Å². The molecular weight excluding hydrogens is 207 g/mol. The number of rotatable bonds is 2. The number of hydrogen-bond acceptors (Lipinski definition) is 4. The van der Waals surface area contributed by atoms with E-state index in [1.807, 2.05) is 6.92 Å². The fraction of sp³-hybridized carbons (Fsp3) is 0.0909. The molecule has 0 aliphatic carbocycles. The lowest BCUT2D eigenvalue weighted by Crippen LogP contribution is -2.02. The molecule has 1 aromatic carbocycles. The Hall–Kier alpha value is -2.17. The van der Waals surface area contributed by atoms with Crippen LogP contribution >= 0.6 is 0 Å². The predicted molar refractivity (Wildman–Crippen MR) is 60.9 cm³/mol. The van der Waals surface area contributed by atoms with Crippen molar-refractivity contribution in [2.24, 2.45) is 0 Å². The smallest absolute Gasteiger partial charge is 0.221 e. The molecule has 1 heterocycles. The van der Waals surface area contributed by atoms with Gasteiger partial charge in [0.05, 0.1) is 5.69 Å². The van der Waals surface area contributed by atoms with Crippen LogP contribution in [0.3, 0.4) is 0 Å². The first kappa shape index (κ1) is 10.4. The fourth-order valence-corrected chi connectivity index (χ4v) is 1.27. The Kier molecular flexibility index (Phi) is 2.68. The molecule has 0 saturated heterocycles. The summed E-state index contributed by atoms with van der Waals surface area (Å²) in [6, 6.07) is 6.38. The molecule has 0 atom stereocenters. The number of nitrogens with zero attached hydrogens (tertiary/aromatic N) is 2. The van der Waals surface area contributed by atoms with Crippen LogP contribution in [0.15, 0.2) is 30.5 Å². The molecule has 0 bridgehead atoms. The molecule has 2 aromatic rings. The third-order valence-electron chi connectivity index (χ3n) is 2.12. The second-order valence-corrected chi connectivity index (χ2v) is 3.36. The average Bonchev–Trinajstić information content (AvgIpc) is 2.27. The molecule has 1 aromatic heterocycles. The van der Waals surface area contributed by atoms with E-state index < -0.39 is 0 Å². The Morgan fingerprint density at radius 1 is 1.31 bits per heavy atom. The standard InChI is InChI=1S/C11H11FN4/c1-7-6-14-11(13)16-10(7)15-9-5-3-2-4-8(9)12/h2-6H,1H3,(H3,13,14,15,16). The summed E-state index contributed by atoms with van der Waals surface area (Å²) >= 11 is 0. The van der Waals surface area contributed by atoms with Crippen LogP contribution in [0.5, 0.6) is 0 Å². The van der Waals surface area contributed by atoms with Gasteiger partial charge in [-0.1, -0.05) is 12.1 Å². The molecule has 0 unspecified atom stereocenters. The van der Waals surface area contributed by atoms with E-state index in [1.165, 1.54) is 6.07 Å². The van der Waals surface area contributed by atoms with Gasteiger partial charge in [0.25, 0.3) is 0 Å². The Morgan fingerprint density at radius 3 is 2.81 bits per heavy atom. The molecule has 0 amide bonds. The van der Waals surface area contributed by atoms with Gasteiger partial charge in [0.15, 0.2) is 0 Å². The van der Waals surface area contributed by atoms with Crippen LogP contribution in [0.25, 0.3) is 0 Å². The number of para-hydroxylation sites is 1. The van der Waals surface area contributed by atoms with E-state index in [0.29, 0.717) is 11.5 Å². The normalized spacial score (nSPS) is 10.1. The maximum atomic E-state index is 13.4. The van der Waals surface area contributed by atoms with Crippen molar-refractivity contribution < 1.29 is 4.39 Å². The van der Waals surface area contributed by atoms with Crippen molar-refractivity contribution in [3.05, 3.63) is 41.8 Å². The SMILES string of the molecule is Cc1cnc(N)nc1Nc1ccccc1F. The van der Waals surface area contributed by atoms with Crippen LogP contribution in [-0.2, 0) is 0 Å². The van der Waals surface area contributed by atoms with Crippen LogP contribution in [0.1, 0.15) is 5.56 Å². The molecule has 2 rings (SSSR count). The van der Waals surface area contributed by atoms with Gasteiger partial charge in [-0.05, 0) is 19.1 Å². The number of nitrogen functional groups attached to an aromatic ring is 1. The number of aromatic nitrogens is 2. The minimum absolute atomic E-state index is 0.157. The number of benzene rings is 1. The topological polar surface area (TPSA) is 63.8 Å². The zero-order valence-electron chi connectivity index (χ0n) is 8.74. The van der Waals surface area contributed by atoms with Gasteiger partial charge in [-0.3, -0.25) is 0 Å². The van der Waals surface area contributed by atoms with Gasteiger partial charge in [-0.25, -0.2) is 9.37 Å². The second kappa shape index (κ2) is 4.14. The van der Waals surface area contributed by atoms with Gasteiger partial charge in [0, 0.05) is 11.8 Å². The number of aryl methyl sites for hydroxylation is 1. The average molecular weight is 218 g/mol. The molecule has 16 heavy (non-hydrogen) atoms. The van der Waals surface area contributed by atoms with Crippen molar-refractivity contribution in [3.63, 3.8) is 0 Å². The zero-order chi connectivity index (χ0) is 11.5. The molecule has 0 aliphatic heterocycles. The highest BCUT2D eigenvalue weighted by Gasteiger charge is 2.05. The quantitative estimate of drug-likeness (QED) is 0.811. The highest BCUT2D eigenvalue weighted by atomic mass is 19.1. The first-order valence-electron chi connectivity index (χ1n) is 4.77. The lowest BCUT2D eigenvalue weighted by atomic mass is 10.3. The highest BCUT2D eigenvalue weighted by molar-refractivity contribution is 5.60. The third kappa shape index (κ3) is 2.08. The van der Waals surface area contributed by atoms with Gasteiger partial charge in [0.1, 0.15) is 11.6 Å². The molecule has 0 fully saturated rings. The van der Waals surface area contributed by atoms with E-state index in [2.05, 4.69) is 15.3 Å². The van der Waals surface area contributed by atoms with E-state index in [9.17, 15) is 4.39 Å². The third-order valence-corrected chi connectivity index (χ3v) is 2.12. The fourth-order valence-electron chi connectivity index (χ4n) is 1.27. The zero-order valence-corrected chi connectivity index (χ0v) is 8.74. The van der Waals surface area contributed by atoms with Gasteiger partial charge in [-0.15, -0.1) is 0 Å². The molecular formula is C11H11FN4. The van der Waals surface area contributed by atoms with Crippen molar-refractivity contribution in [1.82, 2.24) is 9.97 Å². The summed E-state index contributed by atoms with van der Waals surface area (Å²) in [7, 11) is 0. The number of nitrogens with two attached hydrogens (primary N) is 1. The maximum Gasteiger partial charge on any atom is 0.221 e. The van der Waals surface area contributed by atoms with Crippen molar-refractivity contribution in [2.45, 2.75) is 6.92 Å². The monoisotopic (exact) mass is 218 g/mol. The van der Waals surface area contributed by atoms with Crippen LogP contribution in [0.4, 0.5) is 21.8 Å². The van der Waals surface area contributed by atoms with E-state index in [0.717, 1.165) is 5.56 Å². The highest BCUT2D eigenvalue weighted by Crippen LogP contribution is 2.20. The minimum Gasteiger partial charge on any atom is -0.368 e. The number of hydrogen-bond donors (Lipinski definition) is 2. The van der Waals surface area contributed by atoms with Crippen LogP contribution in [0.2, 0.25) is 0 Å². The van der Waals surface area contributed by atoms with Crippen molar-refractivity contribution in [3.8, 4) is 0 Å². The first-order chi connectivity index (χ1) is 7.66. The molecule has 0 spiro atoms. The van der Waals surface area contributed by atoms with E-state index in [-0.39, 0.29) is 11.8 Å². The summed E-state index contributed by atoms with van der Waals surface area (Å²) in [6.07, 6.45) is 1.59. The van der Waals surface area contributed by atoms with Gasteiger partial charge >= 0.3 is 0 Å². The molecule has 4 nitrogen and oxygen atoms in total. The first-order valence-corrected chi connectivity index (χ1v) is 4.77. The summed E-state index contributed by atoms with van der Waals surface area (Å²) < 4.78 is 13.4. The molecule has 5 heteroatoms. The van der Waals surface area contributed by atoms with Crippen molar-refractivity contribution in [1.29, 1.82) is 0 Å². The van der Waals surface area contributed by atoms with Crippen LogP contribution in [0, 0.1) is 12.7 Å². The van der Waals surface area contributed by atoms with E-state index in [1.54, 1.807) is 24.4 Å². The van der Waals surface area contributed by atoms with E-state index in [4.69, 9.17) is 5.73 Å².